The molecule has 9 heteroatoms. The van der Waals surface area contributed by atoms with Crippen LogP contribution in [-0.4, -0.2) is 53.4 Å². The van der Waals surface area contributed by atoms with Crippen molar-refractivity contribution in [3.8, 4) is 5.75 Å². The molecule has 0 radical (unpaired) electrons. The smallest absolute Gasteiger partial charge is 0.415 e. The normalized spacial score (nSPS) is 37.8. The van der Waals surface area contributed by atoms with E-state index in [1.165, 1.54) is 37.7 Å². The molecule has 2 atom stereocenters. The van der Waals surface area contributed by atoms with Crippen LogP contribution in [0.15, 0.2) is 24.3 Å². The van der Waals surface area contributed by atoms with E-state index in [1.54, 1.807) is 4.90 Å². The third-order valence-electron chi connectivity index (χ3n) is 10.6. The molecule has 0 aromatic heterocycles. The maximum atomic E-state index is 12.8. The molecule has 1 aromatic carbocycles. The minimum absolute atomic E-state index is 0.0154. The van der Waals surface area contributed by atoms with Gasteiger partial charge in [-0.1, -0.05) is 12.1 Å². The average molecular weight is 583 g/mol. The Morgan fingerprint density at radius 2 is 1.60 bits per heavy atom. The quantitative estimate of drug-likeness (QED) is 0.398. The molecule has 230 valence electrons. The van der Waals surface area contributed by atoms with Gasteiger partial charge in [0.25, 0.3) is 0 Å². The molecule has 42 heavy (non-hydrogen) atoms. The van der Waals surface area contributed by atoms with Gasteiger partial charge in [-0.3, -0.25) is 0 Å². The number of nitrogens with one attached hydrogen (secondary N) is 1. The standard InChI is InChI=1S/C33H46N2O7/c1-31(2,3)39-29(36)34-27-10-13-35(14-11-27)30(37)38-28-8-6-23(7-9-28)24-5-4-12-32(20-24)40-33(42-41-32)25-16-21-15-22(18-25)19-26(33)17-21/h6-9,21-22,24-27H,4-5,10-20H2,1-3H3,(H,34,36)/t21?,22?,24-,25?,26?,32-,33?/m1/s1. The highest BCUT2D eigenvalue weighted by molar-refractivity contribution is 5.71. The van der Waals surface area contributed by atoms with Gasteiger partial charge in [-0.05, 0) is 114 Å². The van der Waals surface area contributed by atoms with Crippen LogP contribution >= 0.6 is 0 Å². The van der Waals surface area contributed by atoms with E-state index >= 15 is 0 Å². The van der Waals surface area contributed by atoms with Gasteiger partial charge >= 0.3 is 12.2 Å². The van der Waals surface area contributed by atoms with Crippen LogP contribution in [0.3, 0.4) is 0 Å². The number of benzene rings is 1. The van der Waals surface area contributed by atoms with Crippen molar-refractivity contribution < 1.29 is 33.6 Å². The summed E-state index contributed by atoms with van der Waals surface area (Å²) in [4.78, 5) is 39.0. The van der Waals surface area contributed by atoms with Crippen molar-refractivity contribution in [1.29, 1.82) is 0 Å². The first kappa shape index (κ1) is 28.4. The molecule has 4 bridgehead atoms. The van der Waals surface area contributed by atoms with Gasteiger partial charge in [-0.2, -0.15) is 9.78 Å². The molecule has 5 saturated carbocycles. The van der Waals surface area contributed by atoms with E-state index in [-0.39, 0.29) is 12.1 Å². The number of nitrogens with zero attached hydrogens (tertiary/aromatic N) is 1. The van der Waals surface area contributed by atoms with Crippen LogP contribution in [0, 0.1) is 23.7 Å². The summed E-state index contributed by atoms with van der Waals surface area (Å²) in [7, 11) is 0. The summed E-state index contributed by atoms with van der Waals surface area (Å²) in [5, 5.41) is 2.90. The van der Waals surface area contributed by atoms with Crippen molar-refractivity contribution >= 4 is 12.2 Å². The largest absolute Gasteiger partial charge is 0.444 e. The van der Waals surface area contributed by atoms with Crippen LogP contribution in [0.5, 0.6) is 5.75 Å². The lowest BCUT2D eigenvalue weighted by molar-refractivity contribution is -0.390. The van der Waals surface area contributed by atoms with Crippen molar-refractivity contribution in [1.82, 2.24) is 10.2 Å². The Hall–Kier alpha value is -2.36. The number of hydrogen-bond donors (Lipinski definition) is 1. The Kier molecular flexibility index (Phi) is 7.22. The van der Waals surface area contributed by atoms with Gasteiger partial charge in [0, 0.05) is 43.8 Å². The van der Waals surface area contributed by atoms with Gasteiger partial charge in [0.2, 0.25) is 11.6 Å². The first-order valence-corrected chi connectivity index (χ1v) is 16.2. The van der Waals surface area contributed by atoms with E-state index in [1.807, 2.05) is 32.9 Å². The minimum atomic E-state index is -0.659. The summed E-state index contributed by atoms with van der Waals surface area (Å²) < 4.78 is 18.0. The van der Waals surface area contributed by atoms with Crippen molar-refractivity contribution in [2.75, 3.05) is 13.1 Å². The Balaban J connectivity index is 0.915. The molecule has 1 aromatic rings. The van der Waals surface area contributed by atoms with Crippen molar-refractivity contribution in [2.24, 2.45) is 23.7 Å². The molecule has 1 N–H and O–H groups in total. The van der Waals surface area contributed by atoms with Crippen LogP contribution in [-0.2, 0) is 19.2 Å². The van der Waals surface area contributed by atoms with E-state index in [2.05, 4.69) is 17.4 Å². The van der Waals surface area contributed by atoms with Crippen LogP contribution in [0.4, 0.5) is 9.59 Å². The molecule has 0 unspecified atom stereocenters. The van der Waals surface area contributed by atoms with Gasteiger partial charge in [-0.25, -0.2) is 9.59 Å². The van der Waals surface area contributed by atoms with Gasteiger partial charge in [0.1, 0.15) is 11.4 Å². The van der Waals surface area contributed by atoms with E-state index in [0.29, 0.717) is 49.4 Å². The second-order valence-electron chi connectivity index (χ2n) is 14.8. The van der Waals surface area contributed by atoms with Crippen molar-refractivity contribution in [3.63, 3.8) is 0 Å². The molecule has 5 aliphatic carbocycles. The van der Waals surface area contributed by atoms with Crippen LogP contribution in [0.1, 0.15) is 103 Å². The predicted molar refractivity (Wildman–Crippen MR) is 153 cm³/mol. The summed E-state index contributed by atoms with van der Waals surface area (Å²) in [6.07, 6.45) is 10.6. The maximum Gasteiger partial charge on any atom is 0.415 e. The lowest BCUT2D eigenvalue weighted by atomic mass is 9.53. The number of amides is 2. The zero-order valence-corrected chi connectivity index (χ0v) is 25.3. The number of ether oxygens (including phenoxy) is 3. The Bertz CT molecular complexity index is 1140. The fourth-order valence-corrected chi connectivity index (χ4v) is 8.91. The van der Waals surface area contributed by atoms with Crippen LogP contribution in [0.2, 0.25) is 0 Å². The van der Waals surface area contributed by atoms with Crippen LogP contribution in [0.25, 0.3) is 0 Å². The zero-order chi connectivity index (χ0) is 29.1. The third-order valence-corrected chi connectivity index (χ3v) is 10.6. The lowest BCUT2D eigenvalue weighted by Crippen LogP contribution is -2.59. The molecule has 2 heterocycles. The highest BCUT2D eigenvalue weighted by atomic mass is 17.3. The Morgan fingerprint density at radius 3 is 2.24 bits per heavy atom. The number of hydrogen-bond acceptors (Lipinski definition) is 7. The summed E-state index contributed by atoms with van der Waals surface area (Å²) in [6.45, 7) is 6.57. The average Bonchev–Trinajstić information content (AvgIpc) is 3.30. The van der Waals surface area contributed by atoms with Gasteiger partial charge in [0.15, 0.2) is 0 Å². The second kappa shape index (κ2) is 10.7. The summed E-state index contributed by atoms with van der Waals surface area (Å²) in [5.74, 6) is 2.27. The third kappa shape index (κ3) is 5.52. The minimum Gasteiger partial charge on any atom is -0.444 e. The maximum absolute atomic E-state index is 12.8. The van der Waals surface area contributed by atoms with Gasteiger partial charge in [-0.15, -0.1) is 0 Å². The molecule has 7 aliphatic rings. The van der Waals surface area contributed by atoms with E-state index in [0.717, 1.165) is 37.5 Å². The number of carbonyl (C=O) groups is 2. The van der Waals surface area contributed by atoms with Gasteiger partial charge in [0.05, 0.1) is 0 Å². The van der Waals surface area contributed by atoms with Crippen molar-refractivity contribution in [3.05, 3.63) is 29.8 Å². The Morgan fingerprint density at radius 1 is 0.929 bits per heavy atom. The molecular weight excluding hydrogens is 536 g/mol. The number of rotatable bonds is 3. The monoisotopic (exact) mass is 582 g/mol. The first-order valence-electron chi connectivity index (χ1n) is 16.2. The SMILES string of the molecule is CC(C)(C)OC(=O)NC1CCN(C(=O)Oc2ccc([C@@H]3CCC[C@]4(C3)OOC3(O4)C4CC5CC(C4)CC3C5)cc2)CC1. The highest BCUT2D eigenvalue weighted by Crippen LogP contribution is 2.64. The van der Waals surface area contributed by atoms with Crippen LogP contribution < -0.4 is 10.1 Å². The molecule has 8 rings (SSSR count). The number of alkyl carbamates (subject to hydrolysis) is 1. The summed E-state index contributed by atoms with van der Waals surface area (Å²) >= 11 is 0. The van der Waals surface area contributed by atoms with Crippen molar-refractivity contribution in [2.45, 2.75) is 121 Å². The summed E-state index contributed by atoms with van der Waals surface area (Å²) in [6, 6.07) is 7.89. The lowest BCUT2D eigenvalue weighted by Gasteiger charge is -2.57. The topological polar surface area (TPSA) is 95.6 Å². The van der Waals surface area contributed by atoms with E-state index < -0.39 is 23.3 Å². The number of carbonyl (C=O) groups excluding carboxylic acids is 2. The van der Waals surface area contributed by atoms with E-state index in [4.69, 9.17) is 24.0 Å². The van der Waals surface area contributed by atoms with Gasteiger partial charge < -0.3 is 24.4 Å². The molecular formula is C33H46N2O7. The highest BCUT2D eigenvalue weighted by Gasteiger charge is 2.67. The molecule has 2 saturated heterocycles. The molecule has 9 nitrogen and oxygen atoms in total. The molecule has 2 spiro atoms. The summed E-state index contributed by atoms with van der Waals surface area (Å²) in [5.41, 5.74) is 0.674. The number of likely N-dealkylation sites (tertiary alicyclic amines) is 1. The molecule has 2 amide bonds. The fraction of sp³-hybridized carbons (Fsp3) is 0.758. The first-order chi connectivity index (χ1) is 20.1. The fourth-order valence-electron chi connectivity index (χ4n) is 8.91. The molecule has 7 fully saturated rings. The molecule has 2 aliphatic heterocycles. The predicted octanol–water partition coefficient (Wildman–Crippen LogP) is 6.66. The zero-order valence-electron chi connectivity index (χ0n) is 25.3. The Labute approximate surface area is 248 Å². The second-order valence-corrected chi connectivity index (χ2v) is 14.8. The number of piperidine rings is 1. The van der Waals surface area contributed by atoms with E-state index in [9.17, 15) is 9.59 Å².